The number of rotatable bonds is 2. The fourth-order valence-electron chi connectivity index (χ4n) is 3.10. The van der Waals surface area contributed by atoms with Crippen molar-refractivity contribution >= 4 is 12.0 Å². The average Bonchev–Trinajstić information content (AvgIpc) is 2.59. The lowest BCUT2D eigenvalue weighted by Gasteiger charge is -2.31. The second kappa shape index (κ2) is 7.18. The molecule has 1 aliphatic heterocycles. The number of fused-ring (bicyclic) bond motifs is 1. The van der Waals surface area contributed by atoms with Gasteiger partial charge in [0.1, 0.15) is 22.9 Å². The zero-order chi connectivity index (χ0) is 20.6. The lowest BCUT2D eigenvalue weighted by molar-refractivity contribution is 0.0221. The van der Waals surface area contributed by atoms with Gasteiger partial charge in [0.05, 0.1) is 12.2 Å². The van der Waals surface area contributed by atoms with Crippen molar-refractivity contribution < 1.29 is 23.1 Å². The highest BCUT2D eigenvalue weighted by atomic mass is 19.1. The Labute approximate surface area is 161 Å². The smallest absolute Gasteiger partial charge is 0.410 e. The summed E-state index contributed by atoms with van der Waals surface area (Å²) < 4.78 is 33.1. The van der Waals surface area contributed by atoms with Gasteiger partial charge in [-0.05, 0) is 56.5 Å². The van der Waals surface area contributed by atoms with Crippen LogP contribution in [0.1, 0.15) is 42.5 Å². The van der Waals surface area contributed by atoms with E-state index in [4.69, 9.17) is 10.5 Å². The Kier molecular flexibility index (Phi) is 5.06. The van der Waals surface area contributed by atoms with Gasteiger partial charge in [-0.3, -0.25) is 4.79 Å². The quantitative estimate of drug-likeness (QED) is 0.853. The second-order valence-electron chi connectivity index (χ2n) is 7.62. The molecule has 2 amide bonds. The molecule has 0 spiro atoms. The van der Waals surface area contributed by atoms with Crippen molar-refractivity contribution in [1.82, 2.24) is 9.88 Å². The maximum atomic E-state index is 14.4. The third-order valence-electron chi connectivity index (χ3n) is 4.31. The molecular formula is C20H21F2N3O3. The van der Waals surface area contributed by atoms with E-state index in [1.165, 1.54) is 17.0 Å². The minimum Gasteiger partial charge on any atom is -0.444 e. The number of ether oxygens (including phenoxy) is 1. The van der Waals surface area contributed by atoms with Crippen LogP contribution in [0.3, 0.4) is 0 Å². The van der Waals surface area contributed by atoms with Crippen LogP contribution in [-0.4, -0.2) is 34.0 Å². The molecule has 6 nitrogen and oxygen atoms in total. The Morgan fingerprint density at radius 3 is 2.50 bits per heavy atom. The number of aromatic nitrogens is 1. The molecule has 148 valence electrons. The topological polar surface area (TPSA) is 85.5 Å². The van der Waals surface area contributed by atoms with Crippen LogP contribution in [0.2, 0.25) is 0 Å². The number of carbonyl (C=O) groups excluding carboxylic acids is 2. The molecule has 2 N–H and O–H groups in total. The van der Waals surface area contributed by atoms with Gasteiger partial charge >= 0.3 is 6.09 Å². The molecule has 1 aromatic carbocycles. The summed E-state index contributed by atoms with van der Waals surface area (Å²) in [6.45, 7) is 5.74. The summed E-state index contributed by atoms with van der Waals surface area (Å²) in [7, 11) is 0. The van der Waals surface area contributed by atoms with Gasteiger partial charge in [-0.1, -0.05) is 0 Å². The lowest BCUT2D eigenvalue weighted by atomic mass is 9.93. The Bertz CT molecular complexity index is 954. The van der Waals surface area contributed by atoms with E-state index in [1.54, 1.807) is 20.8 Å². The second-order valence-corrected chi connectivity index (χ2v) is 7.62. The minimum absolute atomic E-state index is 0.0523. The molecule has 1 aromatic heterocycles. The van der Waals surface area contributed by atoms with E-state index in [0.717, 1.165) is 12.1 Å². The average molecular weight is 389 g/mol. The highest BCUT2D eigenvalue weighted by Gasteiger charge is 2.29. The fraction of sp³-hybridized carbons (Fsp3) is 0.350. The van der Waals surface area contributed by atoms with Crippen LogP contribution in [0.4, 0.5) is 13.6 Å². The molecule has 0 bridgehead atoms. The van der Waals surface area contributed by atoms with Crippen molar-refractivity contribution in [2.24, 2.45) is 5.73 Å². The van der Waals surface area contributed by atoms with Crippen molar-refractivity contribution in [2.75, 3.05) is 6.54 Å². The van der Waals surface area contributed by atoms with Crippen LogP contribution < -0.4 is 5.73 Å². The number of nitrogens with zero attached hydrogens (tertiary/aromatic N) is 2. The Balaban J connectivity index is 2.04. The van der Waals surface area contributed by atoms with Gasteiger partial charge in [-0.2, -0.15) is 0 Å². The third-order valence-corrected chi connectivity index (χ3v) is 4.31. The number of nitrogens with two attached hydrogens (primary N) is 1. The molecule has 0 saturated carbocycles. The number of amides is 2. The first-order valence-corrected chi connectivity index (χ1v) is 8.81. The summed E-state index contributed by atoms with van der Waals surface area (Å²) in [5.41, 5.74) is 6.36. The molecule has 0 saturated heterocycles. The summed E-state index contributed by atoms with van der Waals surface area (Å²) in [5.74, 6) is -2.23. The molecule has 0 unspecified atom stereocenters. The van der Waals surface area contributed by atoms with Crippen molar-refractivity contribution in [3.63, 3.8) is 0 Å². The predicted octanol–water partition coefficient (Wildman–Crippen LogP) is 3.42. The number of hydrogen-bond donors (Lipinski definition) is 1. The number of hydrogen-bond acceptors (Lipinski definition) is 4. The normalized spacial score (nSPS) is 13.8. The van der Waals surface area contributed by atoms with Crippen LogP contribution in [-0.2, 0) is 17.7 Å². The van der Waals surface area contributed by atoms with Gasteiger partial charge in [0.2, 0.25) is 0 Å². The van der Waals surface area contributed by atoms with Gasteiger partial charge in [-0.15, -0.1) is 0 Å². The lowest BCUT2D eigenvalue weighted by Crippen LogP contribution is -2.40. The Morgan fingerprint density at radius 1 is 1.18 bits per heavy atom. The van der Waals surface area contributed by atoms with E-state index < -0.39 is 29.2 Å². The molecule has 0 radical (unpaired) electrons. The summed E-state index contributed by atoms with van der Waals surface area (Å²) in [5, 5.41) is 0. The van der Waals surface area contributed by atoms with E-state index in [2.05, 4.69) is 4.98 Å². The van der Waals surface area contributed by atoms with Crippen LogP contribution in [0.5, 0.6) is 0 Å². The predicted molar refractivity (Wildman–Crippen MR) is 98.5 cm³/mol. The number of benzene rings is 1. The summed E-state index contributed by atoms with van der Waals surface area (Å²) >= 11 is 0. The zero-order valence-corrected chi connectivity index (χ0v) is 15.9. The Hall–Kier alpha value is -3.03. The first-order chi connectivity index (χ1) is 13.0. The van der Waals surface area contributed by atoms with Gasteiger partial charge in [0.25, 0.3) is 5.91 Å². The first-order valence-electron chi connectivity index (χ1n) is 8.81. The van der Waals surface area contributed by atoms with Gasteiger partial charge in [0, 0.05) is 18.2 Å². The first kappa shape index (κ1) is 19.7. The van der Waals surface area contributed by atoms with E-state index in [0.29, 0.717) is 29.8 Å². The highest BCUT2D eigenvalue weighted by molar-refractivity contribution is 5.92. The van der Waals surface area contributed by atoms with E-state index in [9.17, 15) is 18.4 Å². The SMILES string of the molecule is CC(C)(C)OC(=O)N1CCc2c(-c3ccc(F)cc3F)cc(C(N)=O)nc2C1. The molecule has 8 heteroatoms. The molecule has 2 aromatic rings. The highest BCUT2D eigenvalue weighted by Crippen LogP contribution is 2.32. The maximum absolute atomic E-state index is 14.4. The van der Waals surface area contributed by atoms with Gasteiger partial charge in [-0.25, -0.2) is 18.6 Å². The molecule has 0 fully saturated rings. The van der Waals surface area contributed by atoms with E-state index in [1.807, 2.05) is 0 Å². The van der Waals surface area contributed by atoms with E-state index in [-0.39, 0.29) is 17.8 Å². The van der Waals surface area contributed by atoms with Crippen LogP contribution >= 0.6 is 0 Å². The number of primary amides is 1. The molecule has 28 heavy (non-hydrogen) atoms. The summed E-state index contributed by atoms with van der Waals surface area (Å²) in [6.07, 6.45) is -0.119. The molecule has 1 aliphatic rings. The van der Waals surface area contributed by atoms with Crippen molar-refractivity contribution in [3.05, 3.63) is 52.9 Å². The monoisotopic (exact) mass is 389 g/mol. The number of carbonyl (C=O) groups is 2. The largest absolute Gasteiger partial charge is 0.444 e. The van der Waals surface area contributed by atoms with Crippen LogP contribution in [0, 0.1) is 11.6 Å². The van der Waals surface area contributed by atoms with Gasteiger partial charge < -0.3 is 15.4 Å². The van der Waals surface area contributed by atoms with Gasteiger partial charge in [0.15, 0.2) is 0 Å². The molecular weight excluding hydrogens is 368 g/mol. The number of pyridine rings is 1. The molecule has 3 rings (SSSR count). The van der Waals surface area contributed by atoms with Crippen molar-refractivity contribution in [3.8, 4) is 11.1 Å². The van der Waals surface area contributed by atoms with Crippen LogP contribution in [0.15, 0.2) is 24.3 Å². The van der Waals surface area contributed by atoms with Crippen molar-refractivity contribution in [2.45, 2.75) is 39.3 Å². The third kappa shape index (κ3) is 4.11. The number of halogens is 2. The molecule has 0 aliphatic carbocycles. The Morgan fingerprint density at radius 2 is 1.89 bits per heavy atom. The molecule has 0 atom stereocenters. The van der Waals surface area contributed by atoms with Crippen molar-refractivity contribution in [1.29, 1.82) is 0 Å². The maximum Gasteiger partial charge on any atom is 0.410 e. The summed E-state index contributed by atoms with van der Waals surface area (Å²) in [4.78, 5) is 29.8. The summed E-state index contributed by atoms with van der Waals surface area (Å²) in [6, 6.07) is 4.64. The van der Waals surface area contributed by atoms with Crippen LogP contribution in [0.25, 0.3) is 11.1 Å². The molecule has 2 heterocycles. The van der Waals surface area contributed by atoms with E-state index >= 15 is 0 Å². The fourth-order valence-corrected chi connectivity index (χ4v) is 3.10. The standard InChI is InChI=1S/C20H21F2N3O3/c1-20(2,3)28-19(27)25-7-6-13-14(12-5-4-11(21)8-15(12)22)9-16(18(23)26)24-17(13)10-25/h4-5,8-9H,6-7,10H2,1-3H3,(H2,23,26). The minimum atomic E-state index is -0.777. The zero-order valence-electron chi connectivity index (χ0n) is 15.9.